The lowest BCUT2D eigenvalue weighted by Crippen LogP contribution is -2.42. The first-order valence-corrected chi connectivity index (χ1v) is 6.93. The molecular formula is C14H15ClN4O. The van der Waals surface area contributed by atoms with Crippen LogP contribution < -0.4 is 10.6 Å². The number of rotatable bonds is 2. The summed E-state index contributed by atoms with van der Waals surface area (Å²) in [6, 6.07) is 9.07. The smallest absolute Gasteiger partial charge is 0.319 e. The molecule has 1 aliphatic heterocycles. The lowest BCUT2D eigenvalue weighted by Gasteiger charge is -2.24. The van der Waals surface area contributed by atoms with Crippen molar-refractivity contribution in [2.45, 2.75) is 25.4 Å². The molecule has 0 spiro atoms. The van der Waals surface area contributed by atoms with E-state index in [4.69, 9.17) is 11.6 Å². The third kappa shape index (κ3) is 2.77. The van der Waals surface area contributed by atoms with Crippen LogP contribution in [0.4, 0.5) is 10.5 Å². The Hall–Kier alpha value is -2.01. The minimum atomic E-state index is -0.226. The molecule has 104 valence electrons. The average Bonchev–Trinajstić information content (AvgIpc) is 2.89. The molecule has 3 rings (SSSR count). The van der Waals surface area contributed by atoms with Crippen LogP contribution in [-0.2, 0) is 13.0 Å². The monoisotopic (exact) mass is 290 g/mol. The van der Waals surface area contributed by atoms with Gasteiger partial charge in [0.2, 0.25) is 0 Å². The van der Waals surface area contributed by atoms with Gasteiger partial charge in [-0.15, -0.1) is 0 Å². The number of fused-ring (bicyclic) bond motifs is 1. The van der Waals surface area contributed by atoms with Crippen molar-refractivity contribution in [1.82, 2.24) is 15.1 Å². The van der Waals surface area contributed by atoms with E-state index in [9.17, 15) is 4.79 Å². The Labute approximate surface area is 121 Å². The normalized spacial score (nSPS) is 17.4. The van der Waals surface area contributed by atoms with Gasteiger partial charge in [-0.2, -0.15) is 5.10 Å². The minimum absolute atomic E-state index is 0.127. The van der Waals surface area contributed by atoms with Gasteiger partial charge in [0, 0.05) is 30.9 Å². The molecular weight excluding hydrogens is 276 g/mol. The Morgan fingerprint density at radius 1 is 1.35 bits per heavy atom. The van der Waals surface area contributed by atoms with E-state index in [-0.39, 0.29) is 12.1 Å². The summed E-state index contributed by atoms with van der Waals surface area (Å²) < 4.78 is 1.98. The second-order valence-corrected chi connectivity index (χ2v) is 5.22. The summed E-state index contributed by atoms with van der Waals surface area (Å²) in [5.74, 6) is 0. The quantitative estimate of drug-likeness (QED) is 0.893. The summed E-state index contributed by atoms with van der Waals surface area (Å²) in [6.45, 7) is 0.833. The van der Waals surface area contributed by atoms with Crippen molar-refractivity contribution in [3.8, 4) is 0 Å². The number of hydrogen-bond donors (Lipinski definition) is 2. The largest absolute Gasteiger partial charge is 0.335 e. The molecule has 2 amide bonds. The summed E-state index contributed by atoms with van der Waals surface area (Å²) in [6.07, 6.45) is 3.47. The zero-order valence-corrected chi connectivity index (χ0v) is 11.6. The van der Waals surface area contributed by atoms with Crippen molar-refractivity contribution < 1.29 is 4.79 Å². The summed E-state index contributed by atoms with van der Waals surface area (Å²) in [7, 11) is 0. The maximum atomic E-state index is 12.0. The first-order valence-electron chi connectivity index (χ1n) is 6.55. The predicted octanol–water partition coefficient (Wildman–Crippen LogP) is 2.67. The van der Waals surface area contributed by atoms with E-state index >= 15 is 0 Å². The molecule has 0 fully saturated rings. The van der Waals surface area contributed by atoms with Gasteiger partial charge in [0.1, 0.15) is 0 Å². The number of anilines is 1. The number of carbonyl (C=O) groups excluding carboxylic acids is 1. The van der Waals surface area contributed by atoms with Gasteiger partial charge in [-0.1, -0.05) is 23.7 Å². The summed E-state index contributed by atoms with van der Waals surface area (Å²) in [4.78, 5) is 12.0. The molecule has 0 unspecified atom stereocenters. The molecule has 5 nitrogen and oxygen atoms in total. The van der Waals surface area contributed by atoms with E-state index in [2.05, 4.69) is 15.7 Å². The molecule has 0 bridgehead atoms. The van der Waals surface area contributed by atoms with Gasteiger partial charge in [0.05, 0.1) is 10.7 Å². The maximum absolute atomic E-state index is 12.0. The van der Waals surface area contributed by atoms with Gasteiger partial charge in [-0.05, 0) is 24.6 Å². The predicted molar refractivity (Wildman–Crippen MR) is 77.9 cm³/mol. The number of benzene rings is 1. The third-order valence-electron chi connectivity index (χ3n) is 3.41. The maximum Gasteiger partial charge on any atom is 0.319 e. The SMILES string of the molecule is O=C(Nc1ccccc1Cl)N[C@H]1CCn2nccc2C1. The van der Waals surface area contributed by atoms with Crippen molar-refractivity contribution in [3.05, 3.63) is 47.2 Å². The lowest BCUT2D eigenvalue weighted by molar-refractivity contribution is 0.245. The fourth-order valence-electron chi connectivity index (χ4n) is 2.40. The number of carbonyl (C=O) groups is 1. The Bertz CT molecular complexity index is 625. The van der Waals surface area contributed by atoms with E-state index < -0.39 is 0 Å². The molecule has 1 aliphatic rings. The van der Waals surface area contributed by atoms with E-state index in [1.165, 1.54) is 0 Å². The number of nitrogens with one attached hydrogen (secondary N) is 2. The lowest BCUT2D eigenvalue weighted by atomic mass is 10.0. The van der Waals surface area contributed by atoms with Gasteiger partial charge in [0.25, 0.3) is 0 Å². The average molecular weight is 291 g/mol. The van der Waals surface area contributed by atoms with E-state index in [0.29, 0.717) is 10.7 Å². The topological polar surface area (TPSA) is 59.0 Å². The van der Waals surface area contributed by atoms with Crippen molar-refractivity contribution in [1.29, 1.82) is 0 Å². The molecule has 0 radical (unpaired) electrons. The van der Waals surface area contributed by atoms with Crippen LogP contribution >= 0.6 is 11.6 Å². The van der Waals surface area contributed by atoms with Crippen molar-refractivity contribution in [2.24, 2.45) is 0 Å². The van der Waals surface area contributed by atoms with Crippen molar-refractivity contribution >= 4 is 23.3 Å². The second kappa shape index (κ2) is 5.54. The molecule has 1 aromatic carbocycles. The highest BCUT2D eigenvalue weighted by molar-refractivity contribution is 6.33. The molecule has 1 aromatic heterocycles. The molecule has 6 heteroatoms. The van der Waals surface area contributed by atoms with Gasteiger partial charge in [0.15, 0.2) is 0 Å². The number of aromatic nitrogens is 2. The second-order valence-electron chi connectivity index (χ2n) is 4.81. The Balaban J connectivity index is 1.59. The van der Waals surface area contributed by atoms with Crippen LogP contribution in [0.1, 0.15) is 12.1 Å². The van der Waals surface area contributed by atoms with E-state index in [0.717, 1.165) is 25.1 Å². The zero-order chi connectivity index (χ0) is 13.9. The third-order valence-corrected chi connectivity index (χ3v) is 3.74. The molecule has 0 saturated carbocycles. The number of nitrogens with zero attached hydrogens (tertiary/aromatic N) is 2. The number of amides is 2. The number of aryl methyl sites for hydroxylation is 1. The van der Waals surface area contributed by atoms with Crippen LogP contribution in [-0.4, -0.2) is 21.9 Å². The molecule has 20 heavy (non-hydrogen) atoms. The fourth-order valence-corrected chi connectivity index (χ4v) is 2.58. The van der Waals surface area contributed by atoms with Crippen molar-refractivity contribution in [3.63, 3.8) is 0 Å². The summed E-state index contributed by atoms with van der Waals surface area (Å²) in [5.41, 5.74) is 1.77. The van der Waals surface area contributed by atoms with Gasteiger partial charge in [-0.3, -0.25) is 4.68 Å². The summed E-state index contributed by atoms with van der Waals surface area (Å²) >= 11 is 6.01. The van der Waals surface area contributed by atoms with E-state index in [1.54, 1.807) is 18.3 Å². The van der Waals surface area contributed by atoms with Crippen LogP contribution in [0.15, 0.2) is 36.5 Å². The Morgan fingerprint density at radius 3 is 3.05 bits per heavy atom. The fraction of sp³-hybridized carbons (Fsp3) is 0.286. The highest BCUT2D eigenvalue weighted by atomic mass is 35.5. The minimum Gasteiger partial charge on any atom is -0.335 e. The number of halogens is 1. The van der Waals surface area contributed by atoms with Gasteiger partial charge < -0.3 is 10.6 Å². The zero-order valence-electron chi connectivity index (χ0n) is 10.8. The number of hydrogen-bond acceptors (Lipinski definition) is 2. The van der Waals surface area contributed by atoms with E-state index in [1.807, 2.05) is 22.9 Å². The summed E-state index contributed by atoms with van der Waals surface area (Å²) in [5, 5.41) is 10.5. The number of para-hydroxylation sites is 1. The highest BCUT2D eigenvalue weighted by Crippen LogP contribution is 2.20. The molecule has 0 saturated heterocycles. The van der Waals surface area contributed by atoms with Gasteiger partial charge >= 0.3 is 6.03 Å². The first-order chi connectivity index (χ1) is 9.72. The Morgan fingerprint density at radius 2 is 2.20 bits per heavy atom. The van der Waals surface area contributed by atoms with Gasteiger partial charge in [-0.25, -0.2) is 4.79 Å². The highest BCUT2D eigenvalue weighted by Gasteiger charge is 2.20. The van der Waals surface area contributed by atoms with Crippen LogP contribution in [0.25, 0.3) is 0 Å². The first kappa shape index (κ1) is 13.0. The van der Waals surface area contributed by atoms with Crippen molar-refractivity contribution in [2.75, 3.05) is 5.32 Å². The standard InChI is InChI=1S/C14H15ClN4O/c15-12-3-1-2-4-13(12)18-14(20)17-10-6-8-19-11(9-10)5-7-16-19/h1-5,7,10H,6,8-9H2,(H2,17,18,20)/t10-/m0/s1. The molecule has 2 aromatic rings. The number of urea groups is 1. The van der Waals surface area contributed by atoms with Crippen LogP contribution in [0.3, 0.4) is 0 Å². The molecule has 0 aliphatic carbocycles. The Kier molecular flexibility index (Phi) is 3.60. The molecule has 1 atom stereocenters. The van der Waals surface area contributed by atoms with Crippen LogP contribution in [0.5, 0.6) is 0 Å². The molecule has 2 heterocycles. The van der Waals surface area contributed by atoms with Crippen LogP contribution in [0, 0.1) is 0 Å². The van der Waals surface area contributed by atoms with Crippen LogP contribution in [0.2, 0.25) is 5.02 Å². The molecule has 2 N–H and O–H groups in total.